The number of hydrogen-bond acceptors (Lipinski definition) is 3. The summed E-state index contributed by atoms with van der Waals surface area (Å²) < 4.78 is 2.17. The van der Waals surface area contributed by atoms with Gasteiger partial charge in [0.15, 0.2) is 0 Å². The summed E-state index contributed by atoms with van der Waals surface area (Å²) in [4.78, 5) is 38.0. The van der Waals surface area contributed by atoms with Crippen LogP contribution in [-0.2, 0) is 16.0 Å². The van der Waals surface area contributed by atoms with Gasteiger partial charge in [-0.15, -0.1) is 0 Å². The molecule has 0 spiro atoms. The average Bonchev–Trinajstić information content (AvgIpc) is 3.18. The van der Waals surface area contributed by atoms with Crippen molar-refractivity contribution in [2.75, 3.05) is 17.3 Å². The zero-order valence-corrected chi connectivity index (χ0v) is 20.2. The normalized spacial score (nSPS) is 10.6. The number of aromatic nitrogens is 1. The Morgan fingerprint density at radius 3 is 2.35 bits per heavy atom. The first-order chi connectivity index (χ1) is 16.4. The highest BCUT2D eigenvalue weighted by Gasteiger charge is 2.21. The highest BCUT2D eigenvalue weighted by atomic mass is 79.9. The number of rotatable bonds is 6. The van der Waals surface area contributed by atoms with Crippen molar-refractivity contribution in [2.45, 2.75) is 6.42 Å². The van der Waals surface area contributed by atoms with Gasteiger partial charge in [-0.2, -0.15) is 0 Å². The summed E-state index contributed by atoms with van der Waals surface area (Å²) in [6.45, 7) is 0.301. The smallest absolute Gasteiger partial charge is 0.328 e. The predicted molar refractivity (Wildman–Crippen MR) is 137 cm³/mol. The molecule has 3 N–H and O–H groups in total. The van der Waals surface area contributed by atoms with E-state index in [1.165, 1.54) is 4.68 Å². The number of nitrogens with one attached hydrogen (secondary N) is 3. The first kappa shape index (κ1) is 23.5. The van der Waals surface area contributed by atoms with Gasteiger partial charge in [0.2, 0.25) is 0 Å². The molecule has 4 aromatic rings. The maximum Gasteiger partial charge on any atom is 0.328 e. The molecule has 0 saturated carbocycles. The molecule has 3 aromatic carbocycles. The third-order valence-corrected chi connectivity index (χ3v) is 5.82. The molecule has 0 aliphatic rings. The summed E-state index contributed by atoms with van der Waals surface area (Å²) in [7, 11) is 0. The van der Waals surface area contributed by atoms with E-state index in [9.17, 15) is 14.4 Å². The fourth-order valence-corrected chi connectivity index (χ4v) is 3.84. The highest BCUT2D eigenvalue weighted by Crippen LogP contribution is 2.24. The Morgan fingerprint density at radius 1 is 0.882 bits per heavy atom. The molecule has 0 fully saturated rings. The standard InChI is InChI=1S/C25H20BrClN4O3/c26-18-6-9-20(10-7-18)29-23(32)22-15-17-14-19(27)8-11-21(17)31(22)30-25(34)24(33)28-13-12-16-4-2-1-3-5-16/h1-11,14-15H,12-13H2,(H,28,33)(H,29,32)(H,30,34). The van der Waals surface area contributed by atoms with Crippen molar-refractivity contribution in [1.82, 2.24) is 9.99 Å². The Bertz CT molecular complexity index is 1350. The van der Waals surface area contributed by atoms with E-state index in [4.69, 9.17) is 11.6 Å². The van der Waals surface area contributed by atoms with Gasteiger partial charge in [0.05, 0.1) is 5.52 Å². The van der Waals surface area contributed by atoms with E-state index in [1.807, 2.05) is 30.3 Å². The zero-order chi connectivity index (χ0) is 24.1. The second-order valence-electron chi connectivity index (χ2n) is 7.46. The van der Waals surface area contributed by atoms with Crippen LogP contribution in [0.25, 0.3) is 10.9 Å². The molecule has 0 aliphatic heterocycles. The number of amides is 3. The number of hydrogen-bond donors (Lipinski definition) is 3. The fourth-order valence-electron chi connectivity index (χ4n) is 3.40. The predicted octanol–water partition coefficient (Wildman–Crippen LogP) is 4.74. The maximum atomic E-state index is 13.0. The number of anilines is 1. The summed E-state index contributed by atoms with van der Waals surface area (Å²) in [5.74, 6) is -2.15. The van der Waals surface area contributed by atoms with E-state index in [-0.39, 0.29) is 5.69 Å². The van der Waals surface area contributed by atoms with Crippen molar-refractivity contribution in [3.63, 3.8) is 0 Å². The number of fused-ring (bicyclic) bond motifs is 1. The van der Waals surface area contributed by atoms with Crippen molar-refractivity contribution in [3.8, 4) is 0 Å². The summed E-state index contributed by atoms with van der Waals surface area (Å²) >= 11 is 9.46. The molecule has 3 amide bonds. The van der Waals surface area contributed by atoms with Gasteiger partial charge < -0.3 is 10.6 Å². The van der Waals surface area contributed by atoms with Crippen LogP contribution in [0.15, 0.2) is 83.3 Å². The molecule has 34 heavy (non-hydrogen) atoms. The highest BCUT2D eigenvalue weighted by molar-refractivity contribution is 9.10. The number of carbonyl (C=O) groups excluding carboxylic acids is 3. The number of benzene rings is 3. The molecule has 1 aromatic heterocycles. The van der Waals surface area contributed by atoms with Crippen molar-refractivity contribution >= 4 is 61.8 Å². The lowest BCUT2D eigenvalue weighted by Gasteiger charge is -2.13. The summed E-state index contributed by atoms with van der Waals surface area (Å²) in [5, 5.41) is 6.51. The molecule has 0 atom stereocenters. The van der Waals surface area contributed by atoms with Gasteiger partial charge in [-0.25, -0.2) is 4.68 Å². The molecule has 7 nitrogen and oxygen atoms in total. The van der Waals surface area contributed by atoms with Gasteiger partial charge >= 0.3 is 11.8 Å². The SMILES string of the molecule is O=C(NCCc1ccccc1)C(=O)Nn1c(C(=O)Nc2ccc(Br)cc2)cc2cc(Cl)ccc21. The van der Waals surface area contributed by atoms with E-state index in [2.05, 4.69) is 32.0 Å². The van der Waals surface area contributed by atoms with Crippen LogP contribution >= 0.6 is 27.5 Å². The van der Waals surface area contributed by atoms with Gasteiger partial charge in [0.25, 0.3) is 5.91 Å². The summed E-state index contributed by atoms with van der Waals surface area (Å²) in [6.07, 6.45) is 0.589. The minimum absolute atomic E-state index is 0.144. The van der Waals surface area contributed by atoms with Crippen LogP contribution in [0.3, 0.4) is 0 Å². The summed E-state index contributed by atoms with van der Waals surface area (Å²) in [5.41, 5.74) is 4.82. The van der Waals surface area contributed by atoms with Crippen LogP contribution in [0.4, 0.5) is 5.69 Å². The third kappa shape index (κ3) is 5.65. The molecular weight excluding hydrogens is 520 g/mol. The van der Waals surface area contributed by atoms with Crippen LogP contribution in [-0.4, -0.2) is 28.9 Å². The van der Waals surface area contributed by atoms with Crippen LogP contribution in [0.1, 0.15) is 16.1 Å². The van der Waals surface area contributed by atoms with Crippen molar-refractivity contribution < 1.29 is 14.4 Å². The molecule has 0 bridgehead atoms. The number of carbonyl (C=O) groups is 3. The van der Waals surface area contributed by atoms with Crippen LogP contribution in [0, 0.1) is 0 Å². The molecule has 172 valence electrons. The average molecular weight is 540 g/mol. The Labute approximate surface area is 209 Å². The van der Waals surface area contributed by atoms with Gasteiger partial charge in [-0.05, 0) is 60.5 Å². The second-order valence-corrected chi connectivity index (χ2v) is 8.81. The lowest BCUT2D eigenvalue weighted by molar-refractivity contribution is -0.136. The van der Waals surface area contributed by atoms with Gasteiger partial charge in [-0.3, -0.25) is 19.8 Å². The lowest BCUT2D eigenvalue weighted by atomic mass is 10.1. The fraction of sp³-hybridized carbons (Fsp3) is 0.0800. The Hall–Kier alpha value is -3.62. The van der Waals surface area contributed by atoms with Gasteiger partial charge in [-0.1, -0.05) is 57.9 Å². The molecule has 1 heterocycles. The van der Waals surface area contributed by atoms with E-state index < -0.39 is 17.7 Å². The third-order valence-electron chi connectivity index (χ3n) is 5.06. The van der Waals surface area contributed by atoms with Crippen molar-refractivity contribution in [2.24, 2.45) is 0 Å². The van der Waals surface area contributed by atoms with E-state index in [1.54, 1.807) is 48.5 Å². The van der Waals surface area contributed by atoms with E-state index >= 15 is 0 Å². The molecule has 0 unspecified atom stereocenters. The molecular formula is C25H20BrClN4O3. The van der Waals surface area contributed by atoms with E-state index in [0.29, 0.717) is 34.6 Å². The molecule has 0 radical (unpaired) electrons. The first-order valence-corrected chi connectivity index (χ1v) is 11.6. The molecule has 9 heteroatoms. The Balaban J connectivity index is 1.51. The largest absolute Gasteiger partial charge is 0.347 e. The minimum atomic E-state index is -0.891. The number of halogens is 2. The number of nitrogens with zero attached hydrogens (tertiary/aromatic N) is 1. The molecule has 0 aliphatic carbocycles. The van der Waals surface area contributed by atoms with Crippen molar-refractivity contribution in [1.29, 1.82) is 0 Å². The van der Waals surface area contributed by atoms with Crippen LogP contribution in [0.5, 0.6) is 0 Å². The first-order valence-electron chi connectivity index (χ1n) is 10.4. The topological polar surface area (TPSA) is 92.2 Å². The maximum absolute atomic E-state index is 13.0. The Morgan fingerprint density at radius 2 is 1.62 bits per heavy atom. The van der Waals surface area contributed by atoms with E-state index in [0.717, 1.165) is 10.0 Å². The minimum Gasteiger partial charge on any atom is -0.347 e. The van der Waals surface area contributed by atoms with Gasteiger partial charge in [0, 0.05) is 27.1 Å². The van der Waals surface area contributed by atoms with Gasteiger partial charge in [0.1, 0.15) is 5.69 Å². The monoisotopic (exact) mass is 538 g/mol. The quantitative estimate of drug-likeness (QED) is 0.309. The molecule has 0 saturated heterocycles. The second kappa shape index (κ2) is 10.5. The zero-order valence-electron chi connectivity index (χ0n) is 17.8. The summed E-state index contributed by atoms with van der Waals surface area (Å²) in [6, 6.07) is 23.3. The van der Waals surface area contributed by atoms with Crippen LogP contribution < -0.4 is 16.1 Å². The lowest BCUT2D eigenvalue weighted by Crippen LogP contribution is -2.40. The van der Waals surface area contributed by atoms with Crippen LogP contribution in [0.2, 0.25) is 5.02 Å². The molecule has 4 rings (SSSR count). The van der Waals surface area contributed by atoms with Crippen molar-refractivity contribution in [3.05, 3.63) is 99.6 Å². The Kier molecular flexibility index (Phi) is 7.30.